The predicted octanol–water partition coefficient (Wildman–Crippen LogP) is 8.11. The number of hydrogen-bond donors (Lipinski definition) is 0. The molecule has 240 valence electrons. The van der Waals surface area contributed by atoms with Crippen molar-refractivity contribution in [3.05, 3.63) is 12.2 Å². The molecule has 0 aromatic rings. The maximum atomic E-state index is 12.8. The van der Waals surface area contributed by atoms with Crippen molar-refractivity contribution in [2.45, 2.75) is 153 Å². The van der Waals surface area contributed by atoms with Crippen LogP contribution >= 0.6 is 0 Å². The number of rotatable bonds is 20. The van der Waals surface area contributed by atoms with E-state index in [2.05, 4.69) is 20.4 Å². The Bertz CT molecular complexity index is 868. The molecule has 2 saturated heterocycles. The minimum absolute atomic E-state index is 0.248. The third kappa shape index (κ3) is 7.46. The second-order valence-corrected chi connectivity index (χ2v) is 15.5. The summed E-state index contributed by atoms with van der Waals surface area (Å²) in [6.45, 7) is 15.5. The van der Waals surface area contributed by atoms with Crippen LogP contribution in [0.2, 0.25) is 0 Å². The van der Waals surface area contributed by atoms with E-state index < -0.39 is 5.60 Å². The van der Waals surface area contributed by atoms with Crippen LogP contribution in [0.1, 0.15) is 136 Å². The van der Waals surface area contributed by atoms with Crippen molar-refractivity contribution in [2.75, 3.05) is 39.6 Å². The minimum Gasteiger partial charge on any atom is -0.455 e. The lowest BCUT2D eigenvalue weighted by Crippen LogP contribution is -2.68. The molecule has 2 atom stereocenters. The zero-order valence-corrected chi connectivity index (χ0v) is 27.2. The van der Waals surface area contributed by atoms with E-state index in [-0.39, 0.29) is 17.2 Å². The van der Waals surface area contributed by atoms with Gasteiger partial charge in [-0.3, -0.25) is 0 Å². The summed E-state index contributed by atoms with van der Waals surface area (Å²) in [5.74, 6) is 0.218. The average molecular weight is 589 g/mol. The number of unbranched alkanes of at least 4 members (excludes halogenated alkanes) is 4. The van der Waals surface area contributed by atoms with Crippen LogP contribution < -0.4 is 0 Å². The summed E-state index contributed by atoms with van der Waals surface area (Å²) in [4.78, 5) is 12.8. The number of carbonyl (C=O) groups is 1. The molecule has 0 amide bonds. The molecular formula is C36H60O6. The van der Waals surface area contributed by atoms with E-state index in [1.54, 1.807) is 6.92 Å². The first-order chi connectivity index (χ1) is 20.2. The molecule has 4 aliphatic carbocycles. The lowest BCUT2D eigenvalue weighted by Gasteiger charge is -2.64. The number of carbonyl (C=O) groups excluding carboxylic acids is 1. The van der Waals surface area contributed by atoms with Gasteiger partial charge in [0, 0.05) is 48.9 Å². The Morgan fingerprint density at radius 2 is 1.12 bits per heavy atom. The molecule has 0 aromatic carbocycles. The fraction of sp³-hybridized carbons (Fsp3) is 0.917. The van der Waals surface area contributed by atoms with Gasteiger partial charge in [0.1, 0.15) is 5.60 Å². The zero-order valence-electron chi connectivity index (χ0n) is 27.2. The first-order valence-corrected chi connectivity index (χ1v) is 17.5. The van der Waals surface area contributed by atoms with Crippen LogP contribution in [0.25, 0.3) is 0 Å². The van der Waals surface area contributed by atoms with Gasteiger partial charge in [0.15, 0.2) is 0 Å². The summed E-state index contributed by atoms with van der Waals surface area (Å²) in [5.41, 5.74) is 0.317. The summed E-state index contributed by atoms with van der Waals surface area (Å²) >= 11 is 0. The van der Waals surface area contributed by atoms with Gasteiger partial charge < -0.3 is 23.7 Å². The lowest BCUT2D eigenvalue weighted by molar-refractivity contribution is -0.284. The third-order valence-electron chi connectivity index (χ3n) is 11.3. The van der Waals surface area contributed by atoms with E-state index >= 15 is 0 Å². The van der Waals surface area contributed by atoms with Gasteiger partial charge in [-0.2, -0.15) is 0 Å². The van der Waals surface area contributed by atoms with Crippen LogP contribution in [0.3, 0.4) is 0 Å². The van der Waals surface area contributed by atoms with Gasteiger partial charge in [0.25, 0.3) is 0 Å². The summed E-state index contributed by atoms with van der Waals surface area (Å²) < 4.78 is 31.3. The van der Waals surface area contributed by atoms with Crippen LogP contribution in [-0.2, 0) is 28.5 Å². The normalized spacial score (nSPS) is 33.6. The highest BCUT2D eigenvalue weighted by Crippen LogP contribution is 2.63. The molecule has 0 radical (unpaired) electrons. The molecule has 4 bridgehead atoms. The van der Waals surface area contributed by atoms with Gasteiger partial charge >= 0.3 is 5.97 Å². The Morgan fingerprint density at radius 1 is 0.690 bits per heavy atom. The minimum atomic E-state index is -0.490. The predicted molar refractivity (Wildman–Crippen MR) is 165 cm³/mol. The second-order valence-electron chi connectivity index (χ2n) is 15.5. The maximum Gasteiger partial charge on any atom is 0.333 e. The average Bonchev–Trinajstić information content (AvgIpc) is 2.88. The SMILES string of the molecule is C=C(C)C(=O)OC12CC3CC(OCCCCC4(CCCC)COC4)(CC(OCCCCC4(CCCC)COC4)(C3)C1)C2. The summed E-state index contributed by atoms with van der Waals surface area (Å²) in [6.07, 6.45) is 20.3. The highest BCUT2D eigenvalue weighted by Gasteiger charge is 2.66. The zero-order chi connectivity index (χ0) is 29.7. The molecule has 2 unspecified atom stereocenters. The summed E-state index contributed by atoms with van der Waals surface area (Å²) in [5, 5.41) is 0. The topological polar surface area (TPSA) is 63.2 Å². The number of hydrogen-bond acceptors (Lipinski definition) is 6. The first-order valence-electron chi connectivity index (χ1n) is 17.5. The smallest absolute Gasteiger partial charge is 0.333 e. The van der Waals surface area contributed by atoms with Crippen molar-refractivity contribution < 1.29 is 28.5 Å². The van der Waals surface area contributed by atoms with Gasteiger partial charge in [-0.1, -0.05) is 59.0 Å². The molecule has 42 heavy (non-hydrogen) atoms. The van der Waals surface area contributed by atoms with E-state index in [0.717, 1.165) is 91.0 Å². The fourth-order valence-corrected chi connectivity index (χ4v) is 9.39. The number of esters is 1. The Morgan fingerprint density at radius 3 is 1.52 bits per heavy atom. The highest BCUT2D eigenvalue weighted by molar-refractivity contribution is 5.87. The van der Waals surface area contributed by atoms with Crippen molar-refractivity contribution in [1.29, 1.82) is 0 Å². The molecule has 4 saturated carbocycles. The van der Waals surface area contributed by atoms with Crippen molar-refractivity contribution in [1.82, 2.24) is 0 Å². The third-order valence-corrected chi connectivity index (χ3v) is 11.3. The Labute approximate surface area is 256 Å². The van der Waals surface area contributed by atoms with E-state index in [4.69, 9.17) is 23.7 Å². The first kappa shape index (κ1) is 32.4. The standard InChI is InChI=1S/C36H60O6/c1-5-7-13-32(25-38-26-32)15-9-11-17-40-34-19-30-20-35(22-34,24-36(21-30,23-34)42-31(37)29(3)4)41-18-12-10-16-33(14-8-6-2)27-39-28-33/h30H,3,5-28H2,1-2,4H3. The Kier molecular flexibility index (Phi) is 10.5. The van der Waals surface area contributed by atoms with Gasteiger partial charge in [0.2, 0.25) is 0 Å². The molecule has 6 fully saturated rings. The molecule has 0 N–H and O–H groups in total. The highest BCUT2D eigenvalue weighted by atomic mass is 16.6. The van der Waals surface area contributed by atoms with E-state index in [1.807, 2.05) is 0 Å². The summed E-state index contributed by atoms with van der Waals surface area (Å²) in [7, 11) is 0. The molecule has 0 aromatic heterocycles. The van der Waals surface area contributed by atoms with Crippen LogP contribution in [-0.4, -0.2) is 62.4 Å². The Balaban J connectivity index is 1.16. The van der Waals surface area contributed by atoms with E-state index in [9.17, 15) is 4.79 Å². The largest absolute Gasteiger partial charge is 0.455 e. The van der Waals surface area contributed by atoms with Gasteiger partial charge in [-0.15, -0.1) is 0 Å². The van der Waals surface area contributed by atoms with Gasteiger partial charge in [0.05, 0.1) is 37.6 Å². The number of ether oxygens (including phenoxy) is 5. The van der Waals surface area contributed by atoms with Crippen LogP contribution in [0.4, 0.5) is 0 Å². The molecule has 0 spiro atoms. The van der Waals surface area contributed by atoms with Crippen molar-refractivity contribution in [3.63, 3.8) is 0 Å². The van der Waals surface area contributed by atoms with E-state index in [1.165, 1.54) is 64.2 Å². The Hall–Kier alpha value is -0.950. The monoisotopic (exact) mass is 588 g/mol. The van der Waals surface area contributed by atoms with Crippen LogP contribution in [0, 0.1) is 16.7 Å². The molecule has 6 nitrogen and oxygen atoms in total. The van der Waals surface area contributed by atoms with Crippen LogP contribution in [0.5, 0.6) is 0 Å². The second kappa shape index (κ2) is 13.6. The quantitative estimate of drug-likeness (QED) is 0.0813. The fourth-order valence-electron chi connectivity index (χ4n) is 9.39. The van der Waals surface area contributed by atoms with Gasteiger partial charge in [-0.25, -0.2) is 4.79 Å². The van der Waals surface area contributed by atoms with E-state index in [0.29, 0.717) is 22.3 Å². The molecule has 6 aliphatic rings. The maximum absolute atomic E-state index is 12.8. The van der Waals surface area contributed by atoms with Crippen LogP contribution in [0.15, 0.2) is 12.2 Å². The van der Waals surface area contributed by atoms with Crippen molar-refractivity contribution in [2.24, 2.45) is 16.7 Å². The molecular weight excluding hydrogens is 528 g/mol. The molecule has 6 heteroatoms. The van der Waals surface area contributed by atoms with Crippen molar-refractivity contribution in [3.8, 4) is 0 Å². The summed E-state index contributed by atoms with van der Waals surface area (Å²) in [6, 6.07) is 0. The molecule has 2 aliphatic heterocycles. The molecule has 6 rings (SSSR count). The van der Waals surface area contributed by atoms with Crippen molar-refractivity contribution >= 4 is 5.97 Å². The van der Waals surface area contributed by atoms with Gasteiger partial charge in [-0.05, 0) is 70.6 Å². The lowest BCUT2D eigenvalue weighted by atomic mass is 9.50. The molecule has 2 heterocycles.